The van der Waals surface area contributed by atoms with Crippen molar-refractivity contribution in [1.82, 2.24) is 5.32 Å². The second-order valence-corrected chi connectivity index (χ2v) is 5.45. The first-order valence-electron chi connectivity index (χ1n) is 7.35. The number of nitrogens with one attached hydrogen (secondary N) is 1. The molecule has 0 saturated carbocycles. The number of benzene rings is 2. The van der Waals surface area contributed by atoms with E-state index in [1.165, 1.54) is 0 Å². The summed E-state index contributed by atoms with van der Waals surface area (Å²) < 4.78 is 0. The summed E-state index contributed by atoms with van der Waals surface area (Å²) in [6, 6.07) is 16.5. The molecule has 0 fully saturated rings. The summed E-state index contributed by atoms with van der Waals surface area (Å²) in [5.74, 6) is -0.922. The Morgan fingerprint density at radius 3 is 2.55 bits per heavy atom. The van der Waals surface area contributed by atoms with Gasteiger partial charge in [0.15, 0.2) is 0 Å². The largest absolute Gasteiger partial charge is 0.478 e. The van der Waals surface area contributed by atoms with Gasteiger partial charge in [-0.15, -0.1) is 0 Å². The van der Waals surface area contributed by atoms with Crippen LogP contribution < -0.4 is 5.32 Å². The van der Waals surface area contributed by atoms with Gasteiger partial charge in [-0.3, -0.25) is 0 Å². The fourth-order valence-corrected chi connectivity index (χ4v) is 2.34. The zero-order valence-corrected chi connectivity index (χ0v) is 12.6. The number of hydrogen-bond donors (Lipinski definition) is 3. The Morgan fingerprint density at radius 2 is 1.86 bits per heavy atom. The first-order chi connectivity index (χ1) is 10.6. The van der Waals surface area contributed by atoms with Gasteiger partial charge < -0.3 is 15.5 Å². The van der Waals surface area contributed by atoms with Crippen LogP contribution in [-0.4, -0.2) is 22.2 Å². The highest BCUT2D eigenvalue weighted by Gasteiger charge is 2.12. The average Bonchev–Trinajstić information content (AvgIpc) is 2.54. The monoisotopic (exact) mass is 299 g/mol. The van der Waals surface area contributed by atoms with Crippen molar-refractivity contribution < 1.29 is 15.0 Å². The maximum Gasteiger partial charge on any atom is 0.335 e. The molecule has 0 aliphatic carbocycles. The molecule has 116 valence electrons. The Balaban J connectivity index is 1.86. The molecule has 22 heavy (non-hydrogen) atoms. The molecule has 0 saturated heterocycles. The predicted molar refractivity (Wildman–Crippen MR) is 85.7 cm³/mol. The number of carbonyl (C=O) groups is 1. The zero-order valence-electron chi connectivity index (χ0n) is 12.6. The molecule has 0 amide bonds. The van der Waals surface area contributed by atoms with Gasteiger partial charge >= 0.3 is 5.97 Å². The van der Waals surface area contributed by atoms with E-state index in [4.69, 9.17) is 5.11 Å². The van der Waals surface area contributed by atoms with Crippen LogP contribution in [0, 0.1) is 0 Å². The van der Waals surface area contributed by atoms with E-state index in [-0.39, 0.29) is 11.6 Å². The maximum absolute atomic E-state index is 10.9. The quantitative estimate of drug-likeness (QED) is 0.735. The van der Waals surface area contributed by atoms with E-state index in [0.29, 0.717) is 13.0 Å². The molecule has 0 aliphatic heterocycles. The van der Waals surface area contributed by atoms with Gasteiger partial charge in [-0.05, 0) is 36.6 Å². The summed E-state index contributed by atoms with van der Waals surface area (Å²) in [6.07, 6.45) is 0.0943. The fourth-order valence-electron chi connectivity index (χ4n) is 2.34. The molecule has 0 bridgehead atoms. The Bertz CT molecular complexity index is 613. The first kappa shape index (κ1) is 16.2. The number of aromatic carboxylic acids is 1. The number of carboxylic acids is 1. The summed E-state index contributed by atoms with van der Waals surface area (Å²) >= 11 is 0. The van der Waals surface area contributed by atoms with Crippen LogP contribution in [0.2, 0.25) is 0 Å². The van der Waals surface area contributed by atoms with Gasteiger partial charge in [0.1, 0.15) is 0 Å². The molecular formula is C18H21NO3. The lowest BCUT2D eigenvalue weighted by Gasteiger charge is -2.18. The van der Waals surface area contributed by atoms with Crippen LogP contribution >= 0.6 is 0 Å². The topological polar surface area (TPSA) is 69.6 Å². The van der Waals surface area contributed by atoms with Crippen molar-refractivity contribution in [2.75, 3.05) is 0 Å². The van der Waals surface area contributed by atoms with Crippen molar-refractivity contribution in [3.05, 3.63) is 71.3 Å². The van der Waals surface area contributed by atoms with Crippen LogP contribution in [0.3, 0.4) is 0 Å². The van der Waals surface area contributed by atoms with Crippen LogP contribution in [0.5, 0.6) is 0 Å². The molecule has 2 aromatic rings. The molecule has 0 aromatic heterocycles. The highest BCUT2D eigenvalue weighted by molar-refractivity contribution is 5.87. The van der Waals surface area contributed by atoms with Crippen LogP contribution in [0.1, 0.15) is 40.9 Å². The van der Waals surface area contributed by atoms with Gasteiger partial charge in [0.2, 0.25) is 0 Å². The predicted octanol–water partition coefficient (Wildman–Crippen LogP) is 2.99. The Kier molecular flexibility index (Phi) is 5.69. The van der Waals surface area contributed by atoms with Crippen molar-refractivity contribution in [3.8, 4) is 0 Å². The SMILES string of the molecule is CC(CC(O)c1ccccc1)NCc1cccc(C(=O)O)c1. The van der Waals surface area contributed by atoms with Gasteiger partial charge in [0.25, 0.3) is 0 Å². The fraction of sp³-hybridized carbons (Fsp3) is 0.278. The van der Waals surface area contributed by atoms with Crippen LogP contribution in [0.4, 0.5) is 0 Å². The molecule has 2 unspecified atom stereocenters. The second-order valence-electron chi connectivity index (χ2n) is 5.45. The lowest BCUT2D eigenvalue weighted by Crippen LogP contribution is -2.27. The molecular weight excluding hydrogens is 278 g/mol. The zero-order chi connectivity index (χ0) is 15.9. The molecule has 2 rings (SSSR count). The van der Waals surface area contributed by atoms with Gasteiger partial charge in [-0.2, -0.15) is 0 Å². The standard InChI is InChI=1S/C18H21NO3/c1-13(10-17(20)15-7-3-2-4-8-15)19-12-14-6-5-9-16(11-14)18(21)22/h2-9,11,13,17,19-20H,10,12H2,1H3,(H,21,22). The minimum atomic E-state index is -0.922. The third-order valence-electron chi connectivity index (χ3n) is 3.59. The van der Waals surface area contributed by atoms with Gasteiger partial charge in [-0.1, -0.05) is 42.5 Å². The molecule has 3 N–H and O–H groups in total. The summed E-state index contributed by atoms with van der Waals surface area (Å²) in [6.45, 7) is 2.58. The van der Waals surface area contributed by atoms with Crippen LogP contribution in [0.15, 0.2) is 54.6 Å². The van der Waals surface area contributed by atoms with E-state index in [1.54, 1.807) is 18.2 Å². The van der Waals surface area contributed by atoms with E-state index in [9.17, 15) is 9.90 Å². The van der Waals surface area contributed by atoms with Crippen molar-refractivity contribution in [3.63, 3.8) is 0 Å². The minimum Gasteiger partial charge on any atom is -0.478 e. The molecule has 4 nitrogen and oxygen atoms in total. The lowest BCUT2D eigenvalue weighted by atomic mass is 10.0. The number of hydrogen-bond acceptors (Lipinski definition) is 3. The Hall–Kier alpha value is -2.17. The molecule has 4 heteroatoms. The molecule has 0 heterocycles. The maximum atomic E-state index is 10.9. The average molecular weight is 299 g/mol. The smallest absolute Gasteiger partial charge is 0.335 e. The third-order valence-corrected chi connectivity index (χ3v) is 3.59. The number of rotatable bonds is 7. The summed E-state index contributed by atoms with van der Waals surface area (Å²) in [5, 5.41) is 22.5. The highest BCUT2D eigenvalue weighted by Crippen LogP contribution is 2.18. The number of carboxylic acid groups (broad SMARTS) is 1. The van der Waals surface area contributed by atoms with E-state index < -0.39 is 12.1 Å². The minimum absolute atomic E-state index is 0.115. The number of aliphatic hydroxyl groups excluding tert-OH is 1. The van der Waals surface area contributed by atoms with Crippen molar-refractivity contribution >= 4 is 5.97 Å². The Morgan fingerprint density at radius 1 is 1.14 bits per heavy atom. The molecule has 2 aromatic carbocycles. The summed E-state index contributed by atoms with van der Waals surface area (Å²) in [4.78, 5) is 10.9. The second kappa shape index (κ2) is 7.73. The van der Waals surface area contributed by atoms with Gasteiger partial charge in [0.05, 0.1) is 11.7 Å². The normalized spacial score (nSPS) is 13.5. The molecule has 2 atom stereocenters. The first-order valence-corrected chi connectivity index (χ1v) is 7.35. The Labute approximate surface area is 130 Å². The van der Waals surface area contributed by atoms with Crippen LogP contribution in [0.25, 0.3) is 0 Å². The van der Waals surface area contributed by atoms with E-state index in [0.717, 1.165) is 11.1 Å². The van der Waals surface area contributed by atoms with Crippen molar-refractivity contribution in [2.45, 2.75) is 32.0 Å². The lowest BCUT2D eigenvalue weighted by molar-refractivity contribution is 0.0696. The summed E-state index contributed by atoms with van der Waals surface area (Å²) in [7, 11) is 0. The number of aliphatic hydroxyl groups is 1. The van der Waals surface area contributed by atoms with E-state index in [2.05, 4.69) is 5.32 Å². The van der Waals surface area contributed by atoms with E-state index >= 15 is 0 Å². The van der Waals surface area contributed by atoms with E-state index in [1.807, 2.05) is 43.3 Å². The molecule has 0 spiro atoms. The highest BCUT2D eigenvalue weighted by atomic mass is 16.4. The molecule has 0 radical (unpaired) electrons. The van der Waals surface area contributed by atoms with Gasteiger partial charge in [0, 0.05) is 12.6 Å². The van der Waals surface area contributed by atoms with Crippen molar-refractivity contribution in [2.24, 2.45) is 0 Å². The van der Waals surface area contributed by atoms with Crippen LogP contribution in [-0.2, 0) is 6.54 Å². The molecule has 0 aliphatic rings. The van der Waals surface area contributed by atoms with Crippen molar-refractivity contribution in [1.29, 1.82) is 0 Å². The van der Waals surface area contributed by atoms with Gasteiger partial charge in [-0.25, -0.2) is 4.79 Å². The summed E-state index contributed by atoms with van der Waals surface area (Å²) in [5.41, 5.74) is 2.11. The third kappa shape index (κ3) is 4.69.